The Morgan fingerprint density at radius 3 is 2.43 bits per heavy atom. The number of hydrazine groups is 1. The summed E-state index contributed by atoms with van der Waals surface area (Å²) in [6, 6.07) is 18.7. The summed E-state index contributed by atoms with van der Waals surface area (Å²) in [6.07, 6.45) is 1.70. The van der Waals surface area contributed by atoms with Crippen molar-refractivity contribution >= 4 is 23.3 Å². The first kappa shape index (κ1) is 21.5. The Bertz CT molecular complexity index is 871. The molecule has 1 aliphatic rings. The van der Waals surface area contributed by atoms with Crippen LogP contribution in [0.1, 0.15) is 18.9 Å². The van der Waals surface area contributed by atoms with Gasteiger partial charge in [-0.3, -0.25) is 15.0 Å². The van der Waals surface area contributed by atoms with E-state index in [2.05, 4.69) is 22.6 Å². The number of hydrogen-bond donors (Lipinski definition) is 1. The minimum atomic E-state index is -0.640. The number of hydrogen-bond acceptors (Lipinski definition) is 5. The summed E-state index contributed by atoms with van der Waals surface area (Å²) >= 11 is 0. The third-order valence-corrected chi connectivity index (χ3v) is 4.92. The third-order valence-electron chi connectivity index (χ3n) is 4.92. The molecule has 2 amide bonds. The first-order chi connectivity index (χ1) is 14.6. The van der Waals surface area contributed by atoms with Crippen LogP contribution in [0.3, 0.4) is 0 Å². The number of anilines is 1. The van der Waals surface area contributed by atoms with Crippen LogP contribution in [-0.4, -0.2) is 55.4 Å². The van der Waals surface area contributed by atoms with Crippen LogP contribution in [-0.2, 0) is 20.7 Å². The van der Waals surface area contributed by atoms with Crippen LogP contribution in [0.5, 0.6) is 0 Å². The van der Waals surface area contributed by atoms with Crippen molar-refractivity contribution in [3.8, 4) is 0 Å². The molecule has 30 heavy (non-hydrogen) atoms. The standard InChI is InChI=1S/C23H28N4O3/c1-18-22(28)27(20-13-7-4-8-14-20)25-21(24-18)23(29)26(16-17-30-2)15-9-12-19-10-5-3-6-11-19/h3-8,10-11,13-14,18H,9,12,15-17H2,1-2H3,(H,24,25). The quantitative estimate of drug-likeness (QED) is 0.692. The highest BCUT2D eigenvalue weighted by molar-refractivity contribution is 6.39. The van der Waals surface area contributed by atoms with Crippen molar-refractivity contribution in [2.24, 2.45) is 4.99 Å². The maximum Gasteiger partial charge on any atom is 0.290 e. The lowest BCUT2D eigenvalue weighted by Crippen LogP contribution is -2.58. The van der Waals surface area contributed by atoms with E-state index >= 15 is 0 Å². The van der Waals surface area contributed by atoms with E-state index in [4.69, 9.17) is 4.74 Å². The Morgan fingerprint density at radius 1 is 1.10 bits per heavy atom. The smallest absolute Gasteiger partial charge is 0.290 e. The number of nitrogens with zero attached hydrogens (tertiary/aromatic N) is 3. The number of aryl methyl sites for hydroxylation is 1. The van der Waals surface area contributed by atoms with Crippen LogP contribution in [0.4, 0.5) is 5.69 Å². The number of aliphatic imine (C=N–C) groups is 1. The van der Waals surface area contributed by atoms with Gasteiger partial charge in [0, 0.05) is 20.2 Å². The summed E-state index contributed by atoms with van der Waals surface area (Å²) in [5, 5.41) is 1.39. The molecule has 3 rings (SSSR count). The molecule has 0 aromatic heterocycles. The molecular weight excluding hydrogens is 380 g/mol. The fourth-order valence-corrected chi connectivity index (χ4v) is 3.28. The molecule has 158 valence electrons. The number of para-hydroxylation sites is 1. The SMILES string of the molecule is COCCN(CCCc1ccccc1)C(=O)C1=NC(C)C(=O)N(c2ccccc2)N1. The van der Waals surface area contributed by atoms with E-state index in [1.54, 1.807) is 18.9 Å². The summed E-state index contributed by atoms with van der Waals surface area (Å²) in [5.41, 5.74) is 4.82. The van der Waals surface area contributed by atoms with Crippen molar-refractivity contribution in [1.82, 2.24) is 10.3 Å². The highest BCUT2D eigenvalue weighted by Crippen LogP contribution is 2.16. The van der Waals surface area contributed by atoms with Crippen LogP contribution < -0.4 is 10.4 Å². The zero-order valence-corrected chi connectivity index (χ0v) is 17.5. The van der Waals surface area contributed by atoms with Gasteiger partial charge in [0.15, 0.2) is 0 Å². The molecule has 0 saturated carbocycles. The summed E-state index contributed by atoms with van der Waals surface area (Å²) in [5.74, 6) is -0.271. The molecule has 0 radical (unpaired) electrons. The topological polar surface area (TPSA) is 74.2 Å². The van der Waals surface area contributed by atoms with Crippen molar-refractivity contribution < 1.29 is 14.3 Å². The van der Waals surface area contributed by atoms with Crippen molar-refractivity contribution in [1.29, 1.82) is 0 Å². The van der Waals surface area contributed by atoms with Gasteiger partial charge in [0.1, 0.15) is 6.04 Å². The fourth-order valence-electron chi connectivity index (χ4n) is 3.28. The van der Waals surface area contributed by atoms with Crippen molar-refractivity contribution in [3.05, 3.63) is 66.2 Å². The third kappa shape index (κ3) is 5.45. The Hall–Kier alpha value is -3.19. The van der Waals surface area contributed by atoms with E-state index in [1.165, 1.54) is 10.6 Å². The molecule has 0 fully saturated rings. The van der Waals surface area contributed by atoms with E-state index in [0.29, 0.717) is 25.4 Å². The second-order valence-corrected chi connectivity index (χ2v) is 7.15. The van der Waals surface area contributed by atoms with Crippen molar-refractivity contribution in [2.45, 2.75) is 25.8 Å². The van der Waals surface area contributed by atoms with Crippen LogP contribution in [0.2, 0.25) is 0 Å². The van der Waals surface area contributed by atoms with Gasteiger partial charge in [0.05, 0.1) is 12.3 Å². The Morgan fingerprint density at radius 2 is 1.77 bits per heavy atom. The maximum absolute atomic E-state index is 13.2. The van der Waals surface area contributed by atoms with Crippen LogP contribution in [0.15, 0.2) is 65.7 Å². The van der Waals surface area contributed by atoms with E-state index in [1.807, 2.05) is 48.5 Å². The molecule has 0 aliphatic carbocycles. The first-order valence-electron chi connectivity index (χ1n) is 10.2. The fraction of sp³-hybridized carbons (Fsp3) is 0.348. The zero-order chi connectivity index (χ0) is 21.3. The van der Waals surface area contributed by atoms with E-state index < -0.39 is 6.04 Å². The van der Waals surface area contributed by atoms with Gasteiger partial charge >= 0.3 is 0 Å². The second kappa shape index (κ2) is 10.5. The lowest BCUT2D eigenvalue weighted by molar-refractivity contribution is -0.125. The molecule has 1 aliphatic heterocycles. The van der Waals surface area contributed by atoms with Gasteiger partial charge in [0.25, 0.3) is 11.8 Å². The van der Waals surface area contributed by atoms with E-state index in [-0.39, 0.29) is 17.6 Å². The molecule has 1 atom stereocenters. The molecule has 0 spiro atoms. The average molecular weight is 409 g/mol. The molecule has 0 bridgehead atoms. The highest BCUT2D eigenvalue weighted by atomic mass is 16.5. The second-order valence-electron chi connectivity index (χ2n) is 7.15. The van der Waals surface area contributed by atoms with Gasteiger partial charge in [-0.2, -0.15) is 0 Å². The molecule has 7 nitrogen and oxygen atoms in total. The lowest BCUT2D eigenvalue weighted by atomic mass is 10.1. The van der Waals surface area contributed by atoms with Crippen molar-refractivity contribution in [2.75, 3.05) is 31.8 Å². The summed E-state index contributed by atoms with van der Waals surface area (Å²) < 4.78 is 5.18. The lowest BCUT2D eigenvalue weighted by Gasteiger charge is -2.32. The number of rotatable bonds is 9. The first-order valence-corrected chi connectivity index (χ1v) is 10.2. The zero-order valence-electron chi connectivity index (χ0n) is 17.5. The monoisotopic (exact) mass is 408 g/mol. The summed E-state index contributed by atoms with van der Waals surface area (Å²) in [7, 11) is 1.61. The number of nitrogens with one attached hydrogen (secondary N) is 1. The van der Waals surface area contributed by atoms with Gasteiger partial charge in [-0.15, -0.1) is 0 Å². The summed E-state index contributed by atoms with van der Waals surface area (Å²) in [6.45, 7) is 3.16. The molecule has 1 heterocycles. The largest absolute Gasteiger partial charge is 0.383 e. The molecule has 1 unspecified atom stereocenters. The number of carbonyl (C=O) groups is 2. The minimum Gasteiger partial charge on any atom is -0.383 e. The molecule has 2 aromatic rings. The number of methoxy groups -OCH3 is 1. The number of amidine groups is 1. The van der Waals surface area contributed by atoms with Crippen LogP contribution in [0.25, 0.3) is 0 Å². The minimum absolute atomic E-state index is 0.168. The van der Waals surface area contributed by atoms with Gasteiger partial charge in [-0.1, -0.05) is 48.5 Å². The highest BCUT2D eigenvalue weighted by Gasteiger charge is 2.32. The predicted octanol–water partition coefficient (Wildman–Crippen LogP) is 2.43. The number of benzene rings is 2. The van der Waals surface area contributed by atoms with Gasteiger partial charge in [-0.05, 0) is 37.5 Å². The summed E-state index contributed by atoms with van der Waals surface area (Å²) in [4.78, 5) is 31.8. The van der Waals surface area contributed by atoms with Gasteiger partial charge < -0.3 is 9.64 Å². The van der Waals surface area contributed by atoms with E-state index in [9.17, 15) is 9.59 Å². The molecular formula is C23H28N4O3. The van der Waals surface area contributed by atoms with E-state index in [0.717, 1.165) is 12.8 Å². The van der Waals surface area contributed by atoms with Crippen molar-refractivity contribution in [3.63, 3.8) is 0 Å². The number of carbonyl (C=O) groups excluding carboxylic acids is 2. The maximum atomic E-state index is 13.2. The Labute approximate surface area is 177 Å². The number of ether oxygens (including phenoxy) is 1. The van der Waals surface area contributed by atoms with Gasteiger partial charge in [-0.25, -0.2) is 10.0 Å². The normalized spacial score (nSPS) is 16.1. The Balaban J connectivity index is 1.70. The van der Waals surface area contributed by atoms with Gasteiger partial charge in [0.2, 0.25) is 5.84 Å². The predicted molar refractivity (Wildman–Crippen MR) is 117 cm³/mol. The molecule has 1 N–H and O–H groups in total. The Kier molecular flexibility index (Phi) is 7.57. The van der Waals surface area contributed by atoms with Crippen LogP contribution >= 0.6 is 0 Å². The van der Waals surface area contributed by atoms with Crippen LogP contribution in [0, 0.1) is 0 Å². The number of amides is 2. The average Bonchev–Trinajstić information content (AvgIpc) is 2.78. The molecule has 0 saturated heterocycles. The molecule has 7 heteroatoms. The molecule has 2 aromatic carbocycles.